The smallest absolute Gasteiger partial charge is 0.267 e. The largest absolute Gasteiger partial charge is 0.496 e. The van der Waals surface area contributed by atoms with Gasteiger partial charge in [-0.1, -0.05) is 15.9 Å². The van der Waals surface area contributed by atoms with Gasteiger partial charge >= 0.3 is 0 Å². The summed E-state index contributed by atoms with van der Waals surface area (Å²) in [6.07, 6.45) is 1.57. The van der Waals surface area contributed by atoms with Gasteiger partial charge in [-0.05, 0) is 47.7 Å². The van der Waals surface area contributed by atoms with Crippen LogP contribution in [0.25, 0.3) is 0 Å². The third-order valence-corrected chi connectivity index (χ3v) is 4.48. The van der Waals surface area contributed by atoms with Gasteiger partial charge in [0, 0.05) is 10.0 Å². The highest BCUT2D eigenvalue weighted by atomic mass is 127. The van der Waals surface area contributed by atoms with Crippen molar-refractivity contribution in [2.75, 3.05) is 7.11 Å². The molecule has 0 aliphatic carbocycles. The molecule has 0 amide bonds. The Hall–Kier alpha value is -0.890. The van der Waals surface area contributed by atoms with Gasteiger partial charge in [-0.15, -0.1) is 0 Å². The molecule has 0 aliphatic heterocycles. The topological polar surface area (TPSA) is 44.1 Å². The number of halogens is 2. The Kier molecular flexibility index (Phi) is 4.62. The standard InChI is InChI=1S/C13H12BrIN2O2/c1-8-12(15)13(18)17(7-16-8)6-9-5-10(14)3-4-11(9)19-2/h3-5,7H,6H2,1-2H3. The van der Waals surface area contributed by atoms with Crippen LogP contribution in [0.4, 0.5) is 0 Å². The lowest BCUT2D eigenvalue weighted by atomic mass is 10.2. The van der Waals surface area contributed by atoms with Crippen LogP contribution in [0.1, 0.15) is 11.3 Å². The van der Waals surface area contributed by atoms with E-state index in [0.717, 1.165) is 21.5 Å². The van der Waals surface area contributed by atoms with Gasteiger partial charge in [0.05, 0.1) is 29.2 Å². The predicted octanol–water partition coefficient (Wildman–Crippen LogP) is 2.98. The monoisotopic (exact) mass is 434 g/mol. The summed E-state index contributed by atoms with van der Waals surface area (Å²) in [6.45, 7) is 2.26. The molecule has 1 aromatic heterocycles. The quantitative estimate of drug-likeness (QED) is 0.697. The zero-order valence-corrected chi connectivity index (χ0v) is 14.2. The minimum Gasteiger partial charge on any atom is -0.496 e. The third-order valence-electron chi connectivity index (χ3n) is 2.74. The van der Waals surface area contributed by atoms with Crippen molar-refractivity contribution in [2.45, 2.75) is 13.5 Å². The van der Waals surface area contributed by atoms with Crippen LogP contribution in [-0.4, -0.2) is 16.7 Å². The zero-order chi connectivity index (χ0) is 14.0. The highest BCUT2D eigenvalue weighted by molar-refractivity contribution is 14.1. The van der Waals surface area contributed by atoms with E-state index in [0.29, 0.717) is 10.1 Å². The molecular formula is C13H12BrIN2O2. The van der Waals surface area contributed by atoms with E-state index in [9.17, 15) is 4.79 Å². The predicted molar refractivity (Wildman–Crippen MR) is 85.7 cm³/mol. The molecular weight excluding hydrogens is 423 g/mol. The second-order valence-corrected chi connectivity index (χ2v) is 6.03. The maximum atomic E-state index is 12.1. The Balaban J connectivity index is 2.44. The van der Waals surface area contributed by atoms with Crippen LogP contribution >= 0.6 is 38.5 Å². The highest BCUT2D eigenvalue weighted by Crippen LogP contribution is 2.23. The van der Waals surface area contributed by atoms with Crippen LogP contribution in [0, 0.1) is 10.5 Å². The molecule has 0 N–H and O–H groups in total. The first-order chi connectivity index (χ1) is 9.02. The summed E-state index contributed by atoms with van der Waals surface area (Å²) in [6, 6.07) is 5.72. The van der Waals surface area contributed by atoms with Crippen LogP contribution in [-0.2, 0) is 6.54 Å². The van der Waals surface area contributed by atoms with Gasteiger partial charge in [0.2, 0.25) is 0 Å². The number of aryl methyl sites for hydroxylation is 1. The Morgan fingerprint density at radius 2 is 2.21 bits per heavy atom. The van der Waals surface area contributed by atoms with Gasteiger partial charge in [0.25, 0.3) is 5.56 Å². The molecule has 0 radical (unpaired) electrons. The first-order valence-electron chi connectivity index (χ1n) is 5.57. The molecule has 0 unspecified atom stereocenters. The van der Waals surface area contributed by atoms with Crippen molar-refractivity contribution in [2.24, 2.45) is 0 Å². The lowest BCUT2D eigenvalue weighted by molar-refractivity contribution is 0.408. The van der Waals surface area contributed by atoms with Crippen LogP contribution in [0.2, 0.25) is 0 Å². The van der Waals surface area contributed by atoms with Gasteiger partial charge in [0.1, 0.15) is 5.75 Å². The first-order valence-corrected chi connectivity index (χ1v) is 7.44. The summed E-state index contributed by atoms with van der Waals surface area (Å²) < 4.78 is 8.49. The number of benzene rings is 1. The van der Waals surface area contributed by atoms with Gasteiger partial charge in [-0.3, -0.25) is 9.36 Å². The molecule has 0 spiro atoms. The SMILES string of the molecule is COc1ccc(Br)cc1Cn1cnc(C)c(I)c1=O. The van der Waals surface area contributed by atoms with Crippen molar-refractivity contribution < 1.29 is 4.74 Å². The molecule has 0 atom stereocenters. The minimum absolute atomic E-state index is 0.0323. The van der Waals surface area contributed by atoms with Crippen molar-refractivity contribution in [1.82, 2.24) is 9.55 Å². The summed E-state index contributed by atoms with van der Waals surface area (Å²) >= 11 is 5.45. The Bertz CT molecular complexity index is 670. The maximum Gasteiger partial charge on any atom is 0.267 e. The molecule has 2 aromatic rings. The van der Waals surface area contributed by atoms with Crippen molar-refractivity contribution in [3.63, 3.8) is 0 Å². The number of hydrogen-bond donors (Lipinski definition) is 0. The molecule has 0 saturated carbocycles. The van der Waals surface area contributed by atoms with E-state index in [2.05, 4.69) is 20.9 Å². The molecule has 6 heteroatoms. The summed E-state index contributed by atoms with van der Waals surface area (Å²) in [4.78, 5) is 16.4. The van der Waals surface area contributed by atoms with Crippen molar-refractivity contribution in [3.05, 3.63) is 54.2 Å². The second-order valence-electron chi connectivity index (χ2n) is 4.03. The van der Waals surface area contributed by atoms with Crippen molar-refractivity contribution in [1.29, 1.82) is 0 Å². The average Bonchev–Trinajstić information content (AvgIpc) is 2.40. The number of rotatable bonds is 3. The molecule has 1 aromatic carbocycles. The lowest BCUT2D eigenvalue weighted by Gasteiger charge is -2.11. The number of methoxy groups -OCH3 is 1. The molecule has 2 rings (SSSR count). The van der Waals surface area contributed by atoms with E-state index in [-0.39, 0.29) is 5.56 Å². The van der Waals surface area contributed by atoms with E-state index in [1.165, 1.54) is 0 Å². The number of nitrogens with zero attached hydrogens (tertiary/aromatic N) is 2. The molecule has 1 heterocycles. The van der Waals surface area contributed by atoms with Crippen LogP contribution in [0.5, 0.6) is 5.75 Å². The van der Waals surface area contributed by atoms with Crippen LogP contribution in [0.15, 0.2) is 33.8 Å². The van der Waals surface area contributed by atoms with Crippen molar-refractivity contribution in [3.8, 4) is 5.75 Å². The number of aromatic nitrogens is 2. The fraction of sp³-hybridized carbons (Fsp3) is 0.231. The Morgan fingerprint density at radius 3 is 2.89 bits per heavy atom. The fourth-order valence-electron chi connectivity index (χ4n) is 1.71. The van der Waals surface area contributed by atoms with Crippen LogP contribution in [0.3, 0.4) is 0 Å². The maximum absolute atomic E-state index is 12.1. The van der Waals surface area contributed by atoms with Gasteiger partial charge in [-0.2, -0.15) is 0 Å². The molecule has 0 bridgehead atoms. The molecule has 0 fully saturated rings. The fourth-order valence-corrected chi connectivity index (χ4v) is 2.57. The van der Waals surface area contributed by atoms with E-state index in [1.54, 1.807) is 18.0 Å². The molecule has 19 heavy (non-hydrogen) atoms. The molecule has 100 valence electrons. The van der Waals surface area contributed by atoms with E-state index in [4.69, 9.17) is 4.74 Å². The third kappa shape index (κ3) is 3.17. The minimum atomic E-state index is -0.0323. The van der Waals surface area contributed by atoms with Gasteiger partial charge in [0.15, 0.2) is 0 Å². The average molecular weight is 435 g/mol. The second kappa shape index (κ2) is 6.04. The first kappa shape index (κ1) is 14.5. The summed E-state index contributed by atoms with van der Waals surface area (Å²) in [7, 11) is 1.62. The number of hydrogen-bond acceptors (Lipinski definition) is 3. The zero-order valence-electron chi connectivity index (χ0n) is 10.5. The molecule has 0 aliphatic rings. The van der Waals surface area contributed by atoms with Gasteiger partial charge < -0.3 is 4.74 Å². The van der Waals surface area contributed by atoms with E-state index >= 15 is 0 Å². The summed E-state index contributed by atoms with van der Waals surface area (Å²) in [5, 5.41) is 0. The summed E-state index contributed by atoms with van der Waals surface area (Å²) in [5.41, 5.74) is 1.65. The van der Waals surface area contributed by atoms with E-state index < -0.39 is 0 Å². The molecule has 4 nitrogen and oxygen atoms in total. The Labute approximate surface area is 133 Å². The Morgan fingerprint density at radius 1 is 1.47 bits per heavy atom. The number of ether oxygens (including phenoxy) is 1. The molecule has 0 saturated heterocycles. The summed E-state index contributed by atoms with van der Waals surface area (Å²) in [5.74, 6) is 0.755. The van der Waals surface area contributed by atoms with E-state index in [1.807, 2.05) is 47.7 Å². The highest BCUT2D eigenvalue weighted by Gasteiger charge is 2.09. The lowest BCUT2D eigenvalue weighted by Crippen LogP contribution is -2.24. The van der Waals surface area contributed by atoms with Gasteiger partial charge in [-0.25, -0.2) is 4.98 Å². The van der Waals surface area contributed by atoms with Crippen molar-refractivity contribution >= 4 is 38.5 Å². The normalized spacial score (nSPS) is 10.5. The van der Waals surface area contributed by atoms with Crippen LogP contribution < -0.4 is 10.3 Å².